The first-order valence-corrected chi connectivity index (χ1v) is 10.2. The second kappa shape index (κ2) is 9.86. The minimum atomic E-state index is -0.321. The van der Waals surface area contributed by atoms with Crippen LogP contribution in [0.25, 0.3) is 0 Å². The van der Waals surface area contributed by atoms with Crippen molar-refractivity contribution in [2.75, 3.05) is 18.2 Å². The van der Waals surface area contributed by atoms with E-state index in [-0.39, 0.29) is 22.6 Å². The highest BCUT2D eigenvalue weighted by molar-refractivity contribution is 8.01. The number of nitrogens with one attached hydrogen (secondary N) is 2. The zero-order chi connectivity index (χ0) is 19.8. The van der Waals surface area contributed by atoms with Crippen molar-refractivity contribution < 1.29 is 14.3 Å². The number of amides is 2. The van der Waals surface area contributed by atoms with Gasteiger partial charge in [-0.15, -0.1) is 10.2 Å². The molecule has 28 heavy (non-hydrogen) atoms. The number of rotatable bonds is 8. The summed E-state index contributed by atoms with van der Waals surface area (Å²) in [6, 6.07) is 16.6. The lowest BCUT2D eigenvalue weighted by Crippen LogP contribution is -2.24. The lowest BCUT2D eigenvalue weighted by atomic mass is 10.2. The quantitative estimate of drug-likeness (QED) is 0.550. The van der Waals surface area contributed by atoms with Crippen molar-refractivity contribution in [3.63, 3.8) is 0 Å². The predicted octanol–water partition coefficient (Wildman–Crippen LogP) is 3.21. The molecule has 2 aromatic carbocycles. The average Bonchev–Trinajstić information content (AvgIpc) is 3.21. The molecule has 0 aliphatic heterocycles. The van der Waals surface area contributed by atoms with Gasteiger partial charge in [-0.25, -0.2) is 0 Å². The van der Waals surface area contributed by atoms with Crippen molar-refractivity contribution in [3.05, 3.63) is 65.2 Å². The zero-order valence-corrected chi connectivity index (χ0v) is 16.7. The SMILES string of the molecule is COc1cccc(CNC(=O)CSc2nnc(C(=O)Nc3ccccc3)s2)c1. The summed E-state index contributed by atoms with van der Waals surface area (Å²) in [6.45, 7) is 0.414. The summed E-state index contributed by atoms with van der Waals surface area (Å²) < 4.78 is 5.73. The Balaban J connectivity index is 1.45. The number of aromatic nitrogens is 2. The minimum Gasteiger partial charge on any atom is -0.497 e. The molecule has 2 N–H and O–H groups in total. The van der Waals surface area contributed by atoms with Gasteiger partial charge in [-0.2, -0.15) is 0 Å². The molecule has 0 saturated carbocycles. The van der Waals surface area contributed by atoms with Crippen LogP contribution in [0, 0.1) is 0 Å². The number of anilines is 1. The Morgan fingerprint density at radius 2 is 1.93 bits per heavy atom. The zero-order valence-electron chi connectivity index (χ0n) is 15.0. The van der Waals surface area contributed by atoms with E-state index in [4.69, 9.17) is 4.74 Å². The molecule has 0 bridgehead atoms. The molecule has 0 spiro atoms. The Morgan fingerprint density at radius 1 is 1.11 bits per heavy atom. The van der Waals surface area contributed by atoms with Gasteiger partial charge in [0.2, 0.25) is 10.9 Å². The third kappa shape index (κ3) is 5.80. The molecule has 0 saturated heterocycles. The average molecular weight is 415 g/mol. The Morgan fingerprint density at radius 3 is 2.71 bits per heavy atom. The first-order chi connectivity index (χ1) is 13.6. The number of carbonyl (C=O) groups is 2. The third-order valence-corrected chi connectivity index (χ3v) is 5.64. The molecule has 9 heteroatoms. The molecule has 1 aromatic heterocycles. The summed E-state index contributed by atoms with van der Waals surface area (Å²) in [4.78, 5) is 24.2. The van der Waals surface area contributed by atoms with Crippen molar-refractivity contribution in [1.82, 2.24) is 15.5 Å². The Hall–Kier alpha value is -2.91. The summed E-state index contributed by atoms with van der Waals surface area (Å²) in [5.41, 5.74) is 1.64. The summed E-state index contributed by atoms with van der Waals surface area (Å²) in [7, 11) is 1.60. The van der Waals surface area contributed by atoms with Gasteiger partial charge in [0.1, 0.15) is 5.75 Å². The lowest BCUT2D eigenvalue weighted by Gasteiger charge is -2.06. The molecule has 0 aliphatic rings. The van der Waals surface area contributed by atoms with Crippen molar-refractivity contribution >= 4 is 40.6 Å². The smallest absolute Gasteiger partial charge is 0.286 e. The van der Waals surface area contributed by atoms with E-state index in [1.165, 1.54) is 11.8 Å². The molecule has 0 unspecified atom stereocenters. The van der Waals surface area contributed by atoms with Crippen molar-refractivity contribution in [2.45, 2.75) is 10.9 Å². The van der Waals surface area contributed by atoms with E-state index in [1.54, 1.807) is 19.2 Å². The summed E-state index contributed by atoms with van der Waals surface area (Å²) in [5.74, 6) is 0.492. The van der Waals surface area contributed by atoms with E-state index in [0.717, 1.165) is 22.6 Å². The molecular formula is C19H18N4O3S2. The maximum absolute atomic E-state index is 12.2. The first kappa shape index (κ1) is 19.8. The van der Waals surface area contributed by atoms with E-state index in [0.29, 0.717) is 16.6 Å². The van der Waals surface area contributed by atoms with Gasteiger partial charge >= 0.3 is 0 Å². The van der Waals surface area contributed by atoms with Crippen LogP contribution in [0.1, 0.15) is 15.4 Å². The topological polar surface area (TPSA) is 93.2 Å². The highest BCUT2D eigenvalue weighted by Crippen LogP contribution is 2.23. The van der Waals surface area contributed by atoms with Crippen LogP contribution in [0.3, 0.4) is 0 Å². The second-order valence-corrected chi connectivity index (χ2v) is 7.81. The fourth-order valence-electron chi connectivity index (χ4n) is 2.23. The number of ether oxygens (including phenoxy) is 1. The molecule has 0 atom stereocenters. The molecule has 7 nitrogen and oxygen atoms in total. The van der Waals surface area contributed by atoms with Gasteiger partial charge in [-0.3, -0.25) is 9.59 Å². The molecule has 144 valence electrons. The van der Waals surface area contributed by atoms with Gasteiger partial charge in [0.15, 0.2) is 4.34 Å². The minimum absolute atomic E-state index is 0.127. The fraction of sp³-hybridized carbons (Fsp3) is 0.158. The number of benzene rings is 2. The largest absolute Gasteiger partial charge is 0.497 e. The van der Waals surface area contributed by atoms with E-state index in [1.807, 2.05) is 42.5 Å². The van der Waals surface area contributed by atoms with Gasteiger partial charge < -0.3 is 15.4 Å². The molecule has 3 rings (SSSR count). The maximum atomic E-state index is 12.2. The fourth-order valence-corrected chi connectivity index (χ4v) is 3.80. The van der Waals surface area contributed by atoms with Crippen LogP contribution in [0.4, 0.5) is 5.69 Å². The highest BCUT2D eigenvalue weighted by atomic mass is 32.2. The van der Waals surface area contributed by atoms with Crippen LogP contribution in [-0.2, 0) is 11.3 Å². The van der Waals surface area contributed by atoms with E-state index in [2.05, 4.69) is 20.8 Å². The van der Waals surface area contributed by atoms with Gasteiger partial charge in [-0.1, -0.05) is 53.4 Å². The van der Waals surface area contributed by atoms with Crippen LogP contribution in [0.15, 0.2) is 58.9 Å². The third-order valence-electron chi connectivity index (χ3n) is 3.58. The van der Waals surface area contributed by atoms with Gasteiger partial charge in [0.25, 0.3) is 5.91 Å². The Bertz CT molecular complexity index is 947. The molecule has 2 amide bonds. The standard InChI is InChI=1S/C19H18N4O3S2/c1-26-15-9-5-6-13(10-15)11-20-16(24)12-27-19-23-22-18(28-19)17(25)21-14-7-3-2-4-8-14/h2-10H,11-12H2,1H3,(H,20,24)(H,21,25). The normalized spacial score (nSPS) is 10.3. The number of thioether (sulfide) groups is 1. The van der Waals surface area contributed by atoms with Crippen LogP contribution < -0.4 is 15.4 Å². The molecule has 0 fully saturated rings. The number of hydrogen-bond donors (Lipinski definition) is 2. The first-order valence-electron chi connectivity index (χ1n) is 8.36. The van der Waals surface area contributed by atoms with Gasteiger partial charge in [0.05, 0.1) is 12.9 Å². The lowest BCUT2D eigenvalue weighted by molar-refractivity contribution is -0.118. The summed E-state index contributed by atoms with van der Waals surface area (Å²) in [5, 5.41) is 13.7. The van der Waals surface area contributed by atoms with E-state index in [9.17, 15) is 9.59 Å². The number of nitrogens with zero attached hydrogens (tertiary/aromatic N) is 2. The van der Waals surface area contributed by atoms with Crippen LogP contribution in [-0.4, -0.2) is 34.9 Å². The van der Waals surface area contributed by atoms with E-state index < -0.39 is 0 Å². The number of methoxy groups -OCH3 is 1. The molecule has 3 aromatic rings. The summed E-state index contributed by atoms with van der Waals surface area (Å²) >= 11 is 2.40. The molecule has 0 aliphatic carbocycles. The molecule has 0 radical (unpaired) electrons. The Kier molecular flexibility index (Phi) is 6.99. The van der Waals surface area contributed by atoms with Crippen LogP contribution >= 0.6 is 23.1 Å². The van der Waals surface area contributed by atoms with Crippen LogP contribution in [0.2, 0.25) is 0 Å². The van der Waals surface area contributed by atoms with Gasteiger partial charge in [0, 0.05) is 12.2 Å². The van der Waals surface area contributed by atoms with Crippen molar-refractivity contribution in [3.8, 4) is 5.75 Å². The number of hydrogen-bond acceptors (Lipinski definition) is 7. The summed E-state index contributed by atoms with van der Waals surface area (Å²) in [6.07, 6.45) is 0. The van der Waals surface area contributed by atoms with Crippen molar-refractivity contribution in [1.29, 1.82) is 0 Å². The predicted molar refractivity (Wildman–Crippen MR) is 110 cm³/mol. The maximum Gasteiger partial charge on any atom is 0.286 e. The number of para-hydroxylation sites is 1. The van der Waals surface area contributed by atoms with E-state index >= 15 is 0 Å². The monoisotopic (exact) mass is 414 g/mol. The van der Waals surface area contributed by atoms with Gasteiger partial charge in [-0.05, 0) is 29.8 Å². The second-order valence-electron chi connectivity index (χ2n) is 5.61. The van der Waals surface area contributed by atoms with Crippen LogP contribution in [0.5, 0.6) is 5.75 Å². The Labute approximate surface area is 170 Å². The van der Waals surface area contributed by atoms with Crippen molar-refractivity contribution in [2.24, 2.45) is 0 Å². The number of carbonyl (C=O) groups excluding carboxylic acids is 2. The highest BCUT2D eigenvalue weighted by Gasteiger charge is 2.14. The molecule has 1 heterocycles. The molecular weight excluding hydrogens is 396 g/mol.